The molecule has 1 heterocycles. The second-order valence-electron chi connectivity index (χ2n) is 4.21. The fraction of sp³-hybridized carbons (Fsp3) is 0.727. The van der Waals surface area contributed by atoms with Crippen molar-refractivity contribution >= 4 is 0 Å². The fourth-order valence-electron chi connectivity index (χ4n) is 2.41. The van der Waals surface area contributed by atoms with Crippen LogP contribution in [0.15, 0.2) is 12.4 Å². The lowest BCUT2D eigenvalue weighted by atomic mass is 10.0. The molecule has 1 aliphatic carbocycles. The zero-order chi connectivity index (χ0) is 9.97. The molecule has 2 rings (SSSR count). The minimum atomic E-state index is 0.727. The molecule has 3 heteroatoms. The Bertz CT molecular complexity index is 292. The molecule has 0 radical (unpaired) electrons. The molecule has 1 aromatic rings. The molecule has 0 saturated heterocycles. The molecule has 0 spiro atoms. The molecule has 14 heavy (non-hydrogen) atoms. The number of rotatable bonds is 3. The van der Waals surface area contributed by atoms with Crippen molar-refractivity contribution in [1.82, 2.24) is 15.1 Å². The van der Waals surface area contributed by atoms with Gasteiger partial charge in [-0.15, -0.1) is 0 Å². The molecule has 2 unspecified atom stereocenters. The van der Waals surface area contributed by atoms with Crippen molar-refractivity contribution in [3.8, 4) is 0 Å². The molecular formula is C11H19N3. The van der Waals surface area contributed by atoms with Crippen LogP contribution in [-0.2, 0) is 7.05 Å². The summed E-state index contributed by atoms with van der Waals surface area (Å²) < 4.78 is 1.90. The quantitative estimate of drug-likeness (QED) is 0.791. The highest BCUT2D eigenvalue weighted by Crippen LogP contribution is 2.33. The van der Waals surface area contributed by atoms with E-state index in [0.29, 0.717) is 0 Å². The van der Waals surface area contributed by atoms with Crippen LogP contribution in [0.4, 0.5) is 0 Å². The van der Waals surface area contributed by atoms with Crippen molar-refractivity contribution in [2.45, 2.75) is 38.1 Å². The molecule has 1 saturated carbocycles. The first-order valence-electron chi connectivity index (χ1n) is 5.51. The van der Waals surface area contributed by atoms with E-state index in [1.165, 1.54) is 24.8 Å². The third-order valence-electron chi connectivity index (χ3n) is 3.12. The summed E-state index contributed by atoms with van der Waals surface area (Å²) in [7, 11) is 1.99. The summed E-state index contributed by atoms with van der Waals surface area (Å²) in [5, 5.41) is 7.75. The minimum absolute atomic E-state index is 0.727. The molecule has 78 valence electrons. The van der Waals surface area contributed by atoms with E-state index in [4.69, 9.17) is 0 Å². The lowest BCUT2D eigenvalue weighted by Gasteiger charge is -2.10. The van der Waals surface area contributed by atoms with Crippen LogP contribution in [0.2, 0.25) is 0 Å². The maximum Gasteiger partial charge on any atom is 0.0524 e. The zero-order valence-electron chi connectivity index (χ0n) is 9.03. The van der Waals surface area contributed by atoms with Gasteiger partial charge in [0.1, 0.15) is 0 Å². The summed E-state index contributed by atoms with van der Waals surface area (Å²) >= 11 is 0. The van der Waals surface area contributed by atoms with Crippen molar-refractivity contribution in [3.05, 3.63) is 18.0 Å². The van der Waals surface area contributed by atoms with Crippen LogP contribution in [0, 0.1) is 0 Å². The Morgan fingerprint density at radius 1 is 1.57 bits per heavy atom. The molecule has 1 fully saturated rings. The molecule has 1 N–H and O–H groups in total. The maximum atomic E-state index is 4.23. The van der Waals surface area contributed by atoms with Gasteiger partial charge in [0.2, 0.25) is 0 Å². The summed E-state index contributed by atoms with van der Waals surface area (Å²) in [6.07, 6.45) is 8.06. The normalized spacial score (nSPS) is 27.0. The van der Waals surface area contributed by atoms with Crippen LogP contribution < -0.4 is 5.32 Å². The standard InChI is InChI=1S/C11H19N3/c1-3-12-11-5-4-9(6-11)10-7-13-14(2)8-10/h7-9,11-12H,3-6H2,1-2H3. The Kier molecular flexibility index (Phi) is 2.87. The zero-order valence-corrected chi connectivity index (χ0v) is 9.03. The molecule has 3 nitrogen and oxygen atoms in total. The molecular weight excluding hydrogens is 174 g/mol. The summed E-state index contributed by atoms with van der Waals surface area (Å²) in [6.45, 7) is 3.27. The van der Waals surface area contributed by atoms with Gasteiger partial charge in [-0.2, -0.15) is 5.10 Å². The molecule has 1 aliphatic rings. The Balaban J connectivity index is 1.95. The van der Waals surface area contributed by atoms with Gasteiger partial charge in [0.25, 0.3) is 0 Å². The summed E-state index contributed by atoms with van der Waals surface area (Å²) in [5.74, 6) is 0.729. The largest absolute Gasteiger partial charge is 0.314 e. The molecule has 0 aliphatic heterocycles. The maximum absolute atomic E-state index is 4.23. The van der Waals surface area contributed by atoms with E-state index < -0.39 is 0 Å². The van der Waals surface area contributed by atoms with Gasteiger partial charge in [0.05, 0.1) is 6.20 Å². The highest BCUT2D eigenvalue weighted by molar-refractivity contribution is 5.13. The van der Waals surface area contributed by atoms with E-state index in [0.717, 1.165) is 18.5 Å². The van der Waals surface area contributed by atoms with Crippen molar-refractivity contribution in [1.29, 1.82) is 0 Å². The van der Waals surface area contributed by atoms with Gasteiger partial charge in [-0.25, -0.2) is 0 Å². The van der Waals surface area contributed by atoms with Crippen LogP contribution in [0.1, 0.15) is 37.7 Å². The smallest absolute Gasteiger partial charge is 0.0524 e. The average Bonchev–Trinajstić information content (AvgIpc) is 2.74. The third kappa shape index (κ3) is 1.98. The highest BCUT2D eigenvalue weighted by atomic mass is 15.2. The molecule has 0 amide bonds. The topological polar surface area (TPSA) is 29.9 Å². The van der Waals surface area contributed by atoms with Crippen LogP contribution >= 0.6 is 0 Å². The number of nitrogens with one attached hydrogen (secondary N) is 1. The molecule has 2 atom stereocenters. The van der Waals surface area contributed by atoms with Crippen molar-refractivity contribution < 1.29 is 0 Å². The van der Waals surface area contributed by atoms with E-state index in [9.17, 15) is 0 Å². The van der Waals surface area contributed by atoms with Gasteiger partial charge in [-0.1, -0.05) is 6.92 Å². The van der Waals surface area contributed by atoms with Crippen molar-refractivity contribution in [3.63, 3.8) is 0 Å². The van der Waals surface area contributed by atoms with Gasteiger partial charge in [0, 0.05) is 19.3 Å². The van der Waals surface area contributed by atoms with E-state index in [-0.39, 0.29) is 0 Å². The number of aryl methyl sites for hydroxylation is 1. The fourth-order valence-corrected chi connectivity index (χ4v) is 2.41. The van der Waals surface area contributed by atoms with Gasteiger partial charge in [-0.3, -0.25) is 4.68 Å². The third-order valence-corrected chi connectivity index (χ3v) is 3.12. The van der Waals surface area contributed by atoms with Crippen LogP contribution in [-0.4, -0.2) is 22.4 Å². The van der Waals surface area contributed by atoms with E-state index in [2.05, 4.69) is 23.5 Å². The predicted octanol–water partition coefficient (Wildman–Crippen LogP) is 1.67. The second-order valence-corrected chi connectivity index (χ2v) is 4.21. The van der Waals surface area contributed by atoms with Gasteiger partial charge in [0.15, 0.2) is 0 Å². The first-order valence-corrected chi connectivity index (χ1v) is 5.51. The summed E-state index contributed by atoms with van der Waals surface area (Å²) in [4.78, 5) is 0. The Labute approximate surface area is 85.5 Å². The SMILES string of the molecule is CCNC1CCC(c2cnn(C)c2)C1. The van der Waals surface area contributed by atoms with E-state index in [1.807, 2.05) is 17.9 Å². The van der Waals surface area contributed by atoms with E-state index in [1.54, 1.807) is 0 Å². The predicted molar refractivity (Wildman–Crippen MR) is 57.3 cm³/mol. The van der Waals surface area contributed by atoms with Crippen LogP contribution in [0.5, 0.6) is 0 Å². The first-order chi connectivity index (χ1) is 6.79. The van der Waals surface area contributed by atoms with Gasteiger partial charge >= 0.3 is 0 Å². The summed E-state index contributed by atoms with van der Waals surface area (Å²) in [5.41, 5.74) is 1.41. The molecule has 1 aromatic heterocycles. The monoisotopic (exact) mass is 193 g/mol. The van der Waals surface area contributed by atoms with Gasteiger partial charge < -0.3 is 5.32 Å². The summed E-state index contributed by atoms with van der Waals surface area (Å²) in [6, 6.07) is 0.727. The van der Waals surface area contributed by atoms with E-state index >= 15 is 0 Å². The Morgan fingerprint density at radius 2 is 2.43 bits per heavy atom. The second kappa shape index (κ2) is 4.13. The molecule has 0 aromatic carbocycles. The number of nitrogens with zero attached hydrogens (tertiary/aromatic N) is 2. The average molecular weight is 193 g/mol. The minimum Gasteiger partial charge on any atom is -0.314 e. The Morgan fingerprint density at radius 3 is 3.07 bits per heavy atom. The lowest BCUT2D eigenvalue weighted by molar-refractivity contribution is 0.535. The van der Waals surface area contributed by atoms with Gasteiger partial charge in [-0.05, 0) is 37.3 Å². The van der Waals surface area contributed by atoms with Crippen molar-refractivity contribution in [2.75, 3.05) is 6.54 Å². The number of hydrogen-bond donors (Lipinski definition) is 1. The molecule has 0 bridgehead atoms. The lowest BCUT2D eigenvalue weighted by Crippen LogP contribution is -2.25. The number of aromatic nitrogens is 2. The Hall–Kier alpha value is -0.830. The first kappa shape index (κ1) is 9.71. The van der Waals surface area contributed by atoms with Crippen LogP contribution in [0.25, 0.3) is 0 Å². The number of hydrogen-bond acceptors (Lipinski definition) is 2. The van der Waals surface area contributed by atoms with Crippen LogP contribution in [0.3, 0.4) is 0 Å². The van der Waals surface area contributed by atoms with Crippen molar-refractivity contribution in [2.24, 2.45) is 7.05 Å². The highest BCUT2D eigenvalue weighted by Gasteiger charge is 2.25.